The fraction of sp³-hybridized carbons (Fsp3) is 0.273. The standard InChI is InChI=1S/C11H14N2O3/c1-3-16-11(14)5-4-10-9(12)6-8(15-2)7-13-10/h4-7H,3,12H2,1-2H3. The van der Waals surface area contributed by atoms with Crippen LogP contribution in [0.4, 0.5) is 5.69 Å². The van der Waals surface area contributed by atoms with Crippen LogP contribution in [0.2, 0.25) is 0 Å². The second-order valence-electron chi connectivity index (χ2n) is 2.93. The average Bonchev–Trinajstić information content (AvgIpc) is 2.27. The fourth-order valence-corrected chi connectivity index (χ4v) is 1.06. The van der Waals surface area contributed by atoms with E-state index in [2.05, 4.69) is 4.98 Å². The van der Waals surface area contributed by atoms with E-state index in [-0.39, 0.29) is 0 Å². The Bertz CT molecular complexity index is 402. The second-order valence-corrected chi connectivity index (χ2v) is 2.93. The first-order chi connectivity index (χ1) is 7.67. The van der Waals surface area contributed by atoms with Gasteiger partial charge in [0.05, 0.1) is 31.3 Å². The number of pyridine rings is 1. The number of carbonyl (C=O) groups excluding carboxylic acids is 1. The van der Waals surface area contributed by atoms with Crippen molar-refractivity contribution in [1.29, 1.82) is 0 Å². The van der Waals surface area contributed by atoms with Crippen molar-refractivity contribution < 1.29 is 14.3 Å². The maximum Gasteiger partial charge on any atom is 0.330 e. The molecule has 0 saturated carbocycles. The Morgan fingerprint density at radius 1 is 1.62 bits per heavy atom. The zero-order valence-corrected chi connectivity index (χ0v) is 9.27. The van der Waals surface area contributed by atoms with Crippen LogP contribution in [0.15, 0.2) is 18.3 Å². The Labute approximate surface area is 93.9 Å². The normalized spacial score (nSPS) is 10.4. The first-order valence-corrected chi connectivity index (χ1v) is 4.81. The summed E-state index contributed by atoms with van der Waals surface area (Å²) in [6.45, 7) is 2.08. The van der Waals surface area contributed by atoms with Crippen LogP contribution in [0, 0.1) is 0 Å². The Kier molecular flexibility index (Phi) is 4.32. The van der Waals surface area contributed by atoms with Gasteiger partial charge in [-0.3, -0.25) is 4.98 Å². The number of hydrogen-bond acceptors (Lipinski definition) is 5. The molecule has 0 aliphatic heterocycles. The van der Waals surface area contributed by atoms with E-state index in [1.165, 1.54) is 25.5 Å². The number of rotatable bonds is 4. The van der Waals surface area contributed by atoms with Gasteiger partial charge in [0.25, 0.3) is 0 Å². The number of methoxy groups -OCH3 is 1. The second kappa shape index (κ2) is 5.75. The molecule has 0 bridgehead atoms. The summed E-state index contributed by atoms with van der Waals surface area (Å²) < 4.78 is 9.69. The molecule has 0 aliphatic carbocycles. The predicted molar refractivity (Wildman–Crippen MR) is 60.9 cm³/mol. The largest absolute Gasteiger partial charge is 0.495 e. The first kappa shape index (κ1) is 12.0. The van der Waals surface area contributed by atoms with Crippen LogP contribution >= 0.6 is 0 Å². The summed E-state index contributed by atoms with van der Waals surface area (Å²) in [7, 11) is 1.53. The van der Waals surface area contributed by atoms with Gasteiger partial charge in [0.15, 0.2) is 0 Å². The van der Waals surface area contributed by atoms with Gasteiger partial charge in [-0.1, -0.05) is 0 Å². The van der Waals surface area contributed by atoms with Crippen molar-refractivity contribution in [3.63, 3.8) is 0 Å². The zero-order valence-electron chi connectivity index (χ0n) is 9.27. The van der Waals surface area contributed by atoms with E-state index >= 15 is 0 Å². The molecule has 0 saturated heterocycles. The van der Waals surface area contributed by atoms with Gasteiger partial charge >= 0.3 is 5.97 Å². The molecule has 1 heterocycles. The summed E-state index contributed by atoms with van der Waals surface area (Å²) in [6, 6.07) is 1.64. The van der Waals surface area contributed by atoms with Gasteiger partial charge in [-0.05, 0) is 13.0 Å². The summed E-state index contributed by atoms with van der Waals surface area (Å²) in [5, 5.41) is 0. The SMILES string of the molecule is CCOC(=O)C=Cc1ncc(OC)cc1N. The summed E-state index contributed by atoms with van der Waals surface area (Å²) >= 11 is 0. The molecule has 5 heteroatoms. The Balaban J connectivity index is 2.78. The number of aromatic nitrogens is 1. The molecule has 0 atom stereocenters. The third-order valence-electron chi connectivity index (χ3n) is 1.82. The number of anilines is 1. The van der Waals surface area contributed by atoms with Crippen molar-refractivity contribution in [2.45, 2.75) is 6.92 Å². The average molecular weight is 222 g/mol. The highest BCUT2D eigenvalue weighted by Gasteiger charge is 2.00. The van der Waals surface area contributed by atoms with Crippen LogP contribution in [-0.4, -0.2) is 24.7 Å². The number of nitrogen functional groups attached to an aromatic ring is 1. The Morgan fingerprint density at radius 2 is 2.38 bits per heavy atom. The molecule has 5 nitrogen and oxygen atoms in total. The Morgan fingerprint density at radius 3 is 2.94 bits per heavy atom. The molecule has 1 aromatic heterocycles. The highest BCUT2D eigenvalue weighted by molar-refractivity contribution is 5.87. The van der Waals surface area contributed by atoms with Crippen LogP contribution in [0.25, 0.3) is 6.08 Å². The molecule has 0 aliphatic rings. The minimum atomic E-state index is -0.417. The molecule has 86 valence electrons. The summed E-state index contributed by atoms with van der Waals surface area (Å²) in [5.74, 6) is 0.158. The molecule has 0 spiro atoms. The molecular weight excluding hydrogens is 208 g/mol. The number of carbonyl (C=O) groups is 1. The fourth-order valence-electron chi connectivity index (χ4n) is 1.06. The highest BCUT2D eigenvalue weighted by atomic mass is 16.5. The monoisotopic (exact) mass is 222 g/mol. The van der Waals surface area contributed by atoms with E-state index < -0.39 is 5.97 Å². The van der Waals surface area contributed by atoms with Gasteiger partial charge in [0.2, 0.25) is 0 Å². The number of nitrogens with two attached hydrogens (primary N) is 1. The maximum absolute atomic E-state index is 11.0. The van der Waals surface area contributed by atoms with Crippen molar-refractivity contribution in [2.24, 2.45) is 0 Å². The topological polar surface area (TPSA) is 74.4 Å². The van der Waals surface area contributed by atoms with Gasteiger partial charge in [-0.15, -0.1) is 0 Å². The molecule has 0 fully saturated rings. The minimum absolute atomic E-state index is 0.342. The van der Waals surface area contributed by atoms with E-state index in [9.17, 15) is 4.79 Å². The zero-order chi connectivity index (χ0) is 12.0. The molecule has 0 aromatic carbocycles. The molecule has 16 heavy (non-hydrogen) atoms. The van der Waals surface area contributed by atoms with Gasteiger partial charge in [0, 0.05) is 12.1 Å². The summed E-state index contributed by atoms with van der Waals surface area (Å²) in [6.07, 6.45) is 4.32. The van der Waals surface area contributed by atoms with Crippen LogP contribution < -0.4 is 10.5 Å². The van der Waals surface area contributed by atoms with Crippen LogP contribution in [0.5, 0.6) is 5.75 Å². The van der Waals surface area contributed by atoms with E-state index in [4.69, 9.17) is 15.2 Å². The third-order valence-corrected chi connectivity index (χ3v) is 1.82. The lowest BCUT2D eigenvalue weighted by atomic mass is 10.2. The highest BCUT2D eigenvalue weighted by Crippen LogP contribution is 2.17. The van der Waals surface area contributed by atoms with E-state index in [0.717, 1.165) is 0 Å². The molecule has 0 amide bonds. The maximum atomic E-state index is 11.0. The van der Waals surface area contributed by atoms with Gasteiger partial charge in [0.1, 0.15) is 5.75 Å². The third kappa shape index (κ3) is 3.27. The molecular formula is C11H14N2O3. The molecule has 1 aromatic rings. The van der Waals surface area contributed by atoms with Crippen molar-refractivity contribution in [1.82, 2.24) is 4.98 Å². The number of nitrogens with zero attached hydrogens (tertiary/aromatic N) is 1. The quantitative estimate of drug-likeness (QED) is 0.613. The van der Waals surface area contributed by atoms with E-state index in [0.29, 0.717) is 23.7 Å². The molecule has 0 radical (unpaired) electrons. The number of ether oxygens (including phenoxy) is 2. The summed E-state index contributed by atoms with van der Waals surface area (Å²) in [5.41, 5.74) is 6.66. The van der Waals surface area contributed by atoms with Crippen molar-refractivity contribution >= 4 is 17.7 Å². The first-order valence-electron chi connectivity index (χ1n) is 4.81. The smallest absolute Gasteiger partial charge is 0.330 e. The van der Waals surface area contributed by atoms with Gasteiger partial charge in [-0.2, -0.15) is 0 Å². The van der Waals surface area contributed by atoms with Gasteiger partial charge in [-0.25, -0.2) is 4.79 Å². The molecule has 0 unspecified atom stereocenters. The lowest BCUT2D eigenvalue weighted by Crippen LogP contribution is -2.00. The van der Waals surface area contributed by atoms with Crippen LogP contribution in [0.1, 0.15) is 12.6 Å². The number of esters is 1. The van der Waals surface area contributed by atoms with Crippen molar-refractivity contribution in [2.75, 3.05) is 19.5 Å². The van der Waals surface area contributed by atoms with Crippen molar-refractivity contribution in [3.8, 4) is 5.75 Å². The van der Waals surface area contributed by atoms with Crippen molar-refractivity contribution in [3.05, 3.63) is 24.0 Å². The van der Waals surface area contributed by atoms with Gasteiger partial charge < -0.3 is 15.2 Å². The van der Waals surface area contributed by atoms with Crippen LogP contribution in [0.3, 0.4) is 0 Å². The lowest BCUT2D eigenvalue weighted by molar-refractivity contribution is -0.137. The molecule has 2 N–H and O–H groups in total. The van der Waals surface area contributed by atoms with Crippen LogP contribution in [-0.2, 0) is 9.53 Å². The lowest BCUT2D eigenvalue weighted by Gasteiger charge is -2.02. The number of hydrogen-bond donors (Lipinski definition) is 1. The van der Waals surface area contributed by atoms with E-state index in [1.807, 2.05) is 0 Å². The summed E-state index contributed by atoms with van der Waals surface area (Å²) in [4.78, 5) is 15.1. The van der Waals surface area contributed by atoms with E-state index in [1.54, 1.807) is 13.0 Å². The predicted octanol–water partition coefficient (Wildman–Crippen LogP) is 1.25. The Hall–Kier alpha value is -2.04. The molecule has 1 rings (SSSR count). The minimum Gasteiger partial charge on any atom is -0.495 e.